The fraction of sp³-hybridized carbons (Fsp3) is 0.929. The number of hydrogen-bond acceptors (Lipinski definition) is 3. The summed E-state index contributed by atoms with van der Waals surface area (Å²) >= 11 is 0. The topological polar surface area (TPSA) is 58.4 Å². The monoisotopic (exact) mass is 255 g/mol. The molecule has 0 bridgehead atoms. The third-order valence-electron chi connectivity index (χ3n) is 3.87. The zero-order valence-corrected chi connectivity index (χ0v) is 12.1. The number of carbonyl (C=O) groups excluding carboxylic acids is 1. The van der Waals surface area contributed by atoms with E-state index in [1.807, 2.05) is 13.8 Å². The average Bonchev–Trinajstić information content (AvgIpc) is 2.77. The second kappa shape index (κ2) is 7.74. The van der Waals surface area contributed by atoms with Crippen LogP contribution in [0.25, 0.3) is 0 Å². The smallest absolute Gasteiger partial charge is 0.221 e. The minimum absolute atomic E-state index is 0.158. The fourth-order valence-electron chi connectivity index (χ4n) is 2.97. The van der Waals surface area contributed by atoms with Crippen molar-refractivity contribution in [3.05, 3.63) is 0 Å². The first-order chi connectivity index (χ1) is 8.58. The summed E-state index contributed by atoms with van der Waals surface area (Å²) in [6, 6.07) is 0.822. The molecule has 2 atom stereocenters. The molecule has 4 heteroatoms. The van der Waals surface area contributed by atoms with Crippen LogP contribution in [0.5, 0.6) is 0 Å². The van der Waals surface area contributed by atoms with E-state index in [1.54, 1.807) is 0 Å². The average molecular weight is 255 g/mol. The summed E-state index contributed by atoms with van der Waals surface area (Å²) in [4.78, 5) is 14.1. The quantitative estimate of drug-likeness (QED) is 0.722. The number of hydrogen-bond donors (Lipinski definition) is 2. The van der Waals surface area contributed by atoms with Gasteiger partial charge in [-0.25, -0.2) is 0 Å². The highest BCUT2D eigenvalue weighted by molar-refractivity contribution is 5.76. The Balaban J connectivity index is 2.39. The molecule has 0 aliphatic heterocycles. The predicted octanol–water partition coefficient (Wildman–Crippen LogP) is 1.35. The van der Waals surface area contributed by atoms with Gasteiger partial charge in [0.25, 0.3) is 0 Å². The molecule has 1 rings (SSSR count). The van der Waals surface area contributed by atoms with Gasteiger partial charge in [0.15, 0.2) is 0 Å². The van der Waals surface area contributed by atoms with Crippen molar-refractivity contribution in [2.45, 2.75) is 58.5 Å². The Morgan fingerprint density at radius 3 is 2.72 bits per heavy atom. The highest BCUT2D eigenvalue weighted by Gasteiger charge is 2.30. The van der Waals surface area contributed by atoms with Gasteiger partial charge in [0, 0.05) is 25.0 Å². The summed E-state index contributed by atoms with van der Waals surface area (Å²) in [5, 5.41) is 2.95. The Morgan fingerprint density at radius 1 is 1.44 bits per heavy atom. The minimum atomic E-state index is 0.158. The summed E-state index contributed by atoms with van der Waals surface area (Å²) in [6.07, 6.45) is 4.36. The van der Waals surface area contributed by atoms with E-state index in [9.17, 15) is 4.79 Å². The van der Waals surface area contributed by atoms with Crippen molar-refractivity contribution in [2.24, 2.45) is 11.7 Å². The molecule has 1 aliphatic rings. The van der Waals surface area contributed by atoms with E-state index >= 15 is 0 Å². The molecule has 0 aromatic heterocycles. The lowest BCUT2D eigenvalue weighted by Crippen LogP contribution is -2.42. The van der Waals surface area contributed by atoms with Gasteiger partial charge in [-0.3, -0.25) is 9.69 Å². The van der Waals surface area contributed by atoms with Gasteiger partial charge in [0.05, 0.1) is 0 Å². The van der Waals surface area contributed by atoms with Crippen molar-refractivity contribution in [3.8, 4) is 0 Å². The van der Waals surface area contributed by atoms with Crippen molar-refractivity contribution < 1.29 is 4.79 Å². The molecule has 0 heterocycles. The lowest BCUT2D eigenvalue weighted by atomic mass is 10.0. The van der Waals surface area contributed by atoms with Crippen LogP contribution in [0.4, 0.5) is 0 Å². The van der Waals surface area contributed by atoms with Crippen LogP contribution in [0, 0.1) is 5.92 Å². The molecular weight excluding hydrogens is 226 g/mol. The number of nitrogens with zero attached hydrogens (tertiary/aromatic N) is 1. The van der Waals surface area contributed by atoms with Crippen LogP contribution in [-0.2, 0) is 4.79 Å². The number of nitrogens with two attached hydrogens (primary N) is 1. The van der Waals surface area contributed by atoms with Gasteiger partial charge >= 0.3 is 0 Å². The third-order valence-corrected chi connectivity index (χ3v) is 3.87. The van der Waals surface area contributed by atoms with Crippen molar-refractivity contribution >= 4 is 5.91 Å². The van der Waals surface area contributed by atoms with Gasteiger partial charge in [0.1, 0.15) is 0 Å². The summed E-state index contributed by atoms with van der Waals surface area (Å²) < 4.78 is 0. The highest BCUT2D eigenvalue weighted by Crippen LogP contribution is 2.29. The molecule has 2 unspecified atom stereocenters. The van der Waals surface area contributed by atoms with Gasteiger partial charge in [-0.1, -0.05) is 13.3 Å². The Labute approximate surface area is 111 Å². The lowest BCUT2D eigenvalue weighted by molar-refractivity contribution is -0.122. The zero-order valence-electron chi connectivity index (χ0n) is 12.1. The maximum absolute atomic E-state index is 11.7. The zero-order chi connectivity index (χ0) is 13.5. The van der Waals surface area contributed by atoms with Crippen molar-refractivity contribution in [1.82, 2.24) is 10.2 Å². The van der Waals surface area contributed by atoms with Gasteiger partial charge in [0.2, 0.25) is 5.91 Å². The summed E-state index contributed by atoms with van der Waals surface area (Å²) in [7, 11) is 0. The second-order valence-electron chi connectivity index (χ2n) is 5.59. The summed E-state index contributed by atoms with van der Waals surface area (Å²) in [6.45, 7) is 8.81. The van der Waals surface area contributed by atoms with Gasteiger partial charge < -0.3 is 11.1 Å². The molecule has 3 N–H and O–H groups in total. The predicted molar refractivity (Wildman–Crippen MR) is 75.3 cm³/mol. The molecule has 0 aromatic carbocycles. The summed E-state index contributed by atoms with van der Waals surface area (Å²) in [5.74, 6) is 0.781. The Hall–Kier alpha value is -0.610. The van der Waals surface area contributed by atoms with Crippen LogP contribution in [0.3, 0.4) is 0 Å². The maximum Gasteiger partial charge on any atom is 0.221 e. The Bertz CT molecular complexity index is 255. The van der Waals surface area contributed by atoms with E-state index in [4.69, 9.17) is 5.73 Å². The first kappa shape index (κ1) is 15.4. The third kappa shape index (κ3) is 4.58. The molecule has 4 nitrogen and oxygen atoms in total. The first-order valence-corrected chi connectivity index (χ1v) is 7.32. The van der Waals surface area contributed by atoms with Crippen LogP contribution < -0.4 is 11.1 Å². The molecular formula is C14H29N3O. The van der Waals surface area contributed by atoms with Gasteiger partial charge in [-0.05, 0) is 45.7 Å². The molecule has 1 fully saturated rings. The number of nitrogens with one attached hydrogen (secondary N) is 1. The van der Waals surface area contributed by atoms with Crippen LogP contribution in [0.1, 0.15) is 46.5 Å². The van der Waals surface area contributed by atoms with E-state index in [1.165, 1.54) is 19.3 Å². The standard InChI is InChI=1S/C14H29N3O/c1-4-17(9-8-14(18)16-11(2)3)13-7-5-6-12(13)10-15/h11-13H,4-10,15H2,1-3H3,(H,16,18). The van der Waals surface area contributed by atoms with Gasteiger partial charge in [-0.15, -0.1) is 0 Å². The molecule has 106 valence electrons. The molecule has 1 aliphatic carbocycles. The van der Waals surface area contributed by atoms with Crippen molar-refractivity contribution in [1.29, 1.82) is 0 Å². The Kier molecular flexibility index (Phi) is 6.65. The lowest BCUT2D eigenvalue weighted by Gasteiger charge is -2.31. The molecule has 18 heavy (non-hydrogen) atoms. The van der Waals surface area contributed by atoms with Gasteiger partial charge in [-0.2, -0.15) is 0 Å². The van der Waals surface area contributed by atoms with Crippen LogP contribution in [-0.4, -0.2) is 42.5 Å². The van der Waals surface area contributed by atoms with Crippen LogP contribution in [0.2, 0.25) is 0 Å². The molecule has 1 amide bonds. The minimum Gasteiger partial charge on any atom is -0.354 e. The molecule has 0 radical (unpaired) electrons. The highest BCUT2D eigenvalue weighted by atomic mass is 16.1. The van der Waals surface area contributed by atoms with E-state index in [0.29, 0.717) is 18.4 Å². The fourth-order valence-corrected chi connectivity index (χ4v) is 2.97. The molecule has 0 aromatic rings. The first-order valence-electron chi connectivity index (χ1n) is 7.32. The van der Waals surface area contributed by atoms with Crippen LogP contribution >= 0.6 is 0 Å². The van der Waals surface area contributed by atoms with E-state index in [0.717, 1.165) is 19.6 Å². The van der Waals surface area contributed by atoms with E-state index in [-0.39, 0.29) is 11.9 Å². The SMILES string of the molecule is CCN(CCC(=O)NC(C)C)C1CCCC1CN. The molecule has 0 spiro atoms. The number of carbonyl (C=O) groups is 1. The normalized spacial score (nSPS) is 23.9. The summed E-state index contributed by atoms with van der Waals surface area (Å²) in [5.41, 5.74) is 5.83. The Morgan fingerprint density at radius 2 is 2.17 bits per heavy atom. The number of amides is 1. The van der Waals surface area contributed by atoms with E-state index < -0.39 is 0 Å². The number of rotatable bonds is 7. The maximum atomic E-state index is 11.7. The molecule has 1 saturated carbocycles. The molecule has 0 saturated heterocycles. The van der Waals surface area contributed by atoms with Crippen molar-refractivity contribution in [2.75, 3.05) is 19.6 Å². The van der Waals surface area contributed by atoms with E-state index in [2.05, 4.69) is 17.1 Å². The van der Waals surface area contributed by atoms with Crippen molar-refractivity contribution in [3.63, 3.8) is 0 Å². The van der Waals surface area contributed by atoms with Crippen LogP contribution in [0.15, 0.2) is 0 Å². The second-order valence-corrected chi connectivity index (χ2v) is 5.59. The largest absolute Gasteiger partial charge is 0.354 e.